The highest BCUT2D eigenvalue weighted by atomic mass is 32.1. The number of aromatic nitrogens is 1. The molecule has 0 aromatic carbocycles. The maximum atomic E-state index is 6.06. The molecule has 4 heteroatoms. The summed E-state index contributed by atoms with van der Waals surface area (Å²) in [5.74, 6) is 0.738. The van der Waals surface area contributed by atoms with Crippen molar-refractivity contribution in [1.82, 2.24) is 9.88 Å². The van der Waals surface area contributed by atoms with Crippen LogP contribution in [-0.4, -0.2) is 23.0 Å². The molecule has 1 atom stereocenters. The molecule has 3 nitrogen and oxygen atoms in total. The number of nitrogens with zero attached hydrogens (tertiary/aromatic N) is 2. The fourth-order valence-corrected chi connectivity index (χ4v) is 3.51. The van der Waals surface area contributed by atoms with Gasteiger partial charge >= 0.3 is 0 Å². The van der Waals surface area contributed by atoms with Crippen LogP contribution in [0.2, 0.25) is 0 Å². The number of fused-ring (bicyclic) bond motifs is 1. The van der Waals surface area contributed by atoms with Crippen molar-refractivity contribution >= 4 is 11.3 Å². The molecule has 1 aromatic rings. The molecule has 0 aliphatic carbocycles. The van der Waals surface area contributed by atoms with Crippen LogP contribution in [0.3, 0.4) is 0 Å². The van der Waals surface area contributed by atoms with Gasteiger partial charge in [0.25, 0.3) is 0 Å². The van der Waals surface area contributed by atoms with E-state index < -0.39 is 0 Å². The predicted octanol–water partition coefficient (Wildman–Crippen LogP) is 2.57. The first-order valence-corrected chi connectivity index (χ1v) is 7.38. The van der Waals surface area contributed by atoms with Gasteiger partial charge in [-0.05, 0) is 12.3 Å². The first-order valence-electron chi connectivity index (χ1n) is 6.56. The van der Waals surface area contributed by atoms with E-state index in [-0.39, 0.29) is 6.04 Å². The molecule has 1 aliphatic heterocycles. The zero-order valence-corrected chi connectivity index (χ0v) is 11.9. The molecule has 96 valence electrons. The molecule has 17 heavy (non-hydrogen) atoms. The molecule has 0 saturated carbocycles. The van der Waals surface area contributed by atoms with E-state index in [0.717, 1.165) is 36.9 Å². The zero-order valence-electron chi connectivity index (χ0n) is 11.1. The van der Waals surface area contributed by atoms with Crippen LogP contribution < -0.4 is 5.73 Å². The molecule has 1 aromatic heterocycles. The maximum Gasteiger partial charge on any atom is 0.110 e. The minimum atomic E-state index is 0.129. The Morgan fingerprint density at radius 2 is 2.24 bits per heavy atom. The Hall–Kier alpha value is -0.450. The van der Waals surface area contributed by atoms with Crippen molar-refractivity contribution in [1.29, 1.82) is 0 Å². The van der Waals surface area contributed by atoms with Crippen molar-refractivity contribution in [2.24, 2.45) is 11.7 Å². The summed E-state index contributed by atoms with van der Waals surface area (Å²) >= 11 is 1.82. The van der Waals surface area contributed by atoms with Crippen molar-refractivity contribution in [3.05, 3.63) is 15.6 Å². The normalized spacial score (nSPS) is 18.4. The van der Waals surface area contributed by atoms with Gasteiger partial charge in [0.15, 0.2) is 0 Å². The second-order valence-electron chi connectivity index (χ2n) is 5.32. The Morgan fingerprint density at radius 1 is 1.47 bits per heavy atom. The third-order valence-corrected chi connectivity index (χ3v) is 4.42. The monoisotopic (exact) mass is 253 g/mol. The molecule has 1 aliphatic rings. The van der Waals surface area contributed by atoms with E-state index >= 15 is 0 Å². The first kappa shape index (κ1) is 13.0. The van der Waals surface area contributed by atoms with Gasteiger partial charge in [-0.25, -0.2) is 4.98 Å². The minimum Gasteiger partial charge on any atom is -0.322 e. The number of nitrogens with two attached hydrogens (primary N) is 1. The lowest BCUT2D eigenvalue weighted by Crippen LogP contribution is -2.32. The first-order chi connectivity index (χ1) is 8.10. The third-order valence-electron chi connectivity index (χ3n) is 3.21. The van der Waals surface area contributed by atoms with Crippen LogP contribution in [0.25, 0.3) is 0 Å². The molecule has 0 radical (unpaired) electrons. The van der Waals surface area contributed by atoms with E-state index in [1.54, 1.807) is 0 Å². The van der Waals surface area contributed by atoms with Gasteiger partial charge in [0.05, 0.1) is 11.7 Å². The van der Waals surface area contributed by atoms with Gasteiger partial charge in [0, 0.05) is 30.9 Å². The summed E-state index contributed by atoms with van der Waals surface area (Å²) in [5, 5.41) is 1.13. The fourth-order valence-electron chi connectivity index (χ4n) is 2.27. The van der Waals surface area contributed by atoms with Crippen LogP contribution in [0.1, 0.15) is 48.8 Å². The Bertz CT molecular complexity index is 373. The van der Waals surface area contributed by atoms with Crippen LogP contribution in [0, 0.1) is 5.92 Å². The van der Waals surface area contributed by atoms with Gasteiger partial charge in [-0.15, -0.1) is 11.3 Å². The van der Waals surface area contributed by atoms with Crippen LogP contribution in [0.5, 0.6) is 0 Å². The topological polar surface area (TPSA) is 42.1 Å². The number of thiazole rings is 1. The van der Waals surface area contributed by atoms with Crippen LogP contribution in [0.4, 0.5) is 0 Å². The van der Waals surface area contributed by atoms with Crippen molar-refractivity contribution in [2.45, 2.75) is 46.2 Å². The minimum absolute atomic E-state index is 0.129. The molecule has 2 rings (SSSR count). The average molecular weight is 253 g/mol. The maximum absolute atomic E-state index is 6.06. The molecule has 0 saturated heterocycles. The highest BCUT2D eigenvalue weighted by Crippen LogP contribution is 2.29. The van der Waals surface area contributed by atoms with E-state index in [9.17, 15) is 0 Å². The van der Waals surface area contributed by atoms with Gasteiger partial charge < -0.3 is 5.73 Å². The second-order valence-corrected chi connectivity index (χ2v) is 6.43. The highest BCUT2D eigenvalue weighted by molar-refractivity contribution is 7.11. The van der Waals surface area contributed by atoms with E-state index in [1.165, 1.54) is 17.1 Å². The molecule has 2 N–H and O–H groups in total. The Balaban J connectivity index is 2.07. The van der Waals surface area contributed by atoms with Gasteiger partial charge in [0.1, 0.15) is 5.01 Å². The molecule has 1 unspecified atom stereocenters. The molecule has 2 heterocycles. The Morgan fingerprint density at radius 3 is 2.88 bits per heavy atom. The van der Waals surface area contributed by atoms with Crippen LogP contribution in [-0.2, 0) is 13.0 Å². The zero-order chi connectivity index (χ0) is 12.4. The molecule has 0 spiro atoms. The molecule has 0 amide bonds. The Labute approximate surface area is 108 Å². The van der Waals surface area contributed by atoms with E-state index in [1.807, 2.05) is 11.3 Å². The number of hydrogen-bond donors (Lipinski definition) is 1. The van der Waals surface area contributed by atoms with Gasteiger partial charge in [0.2, 0.25) is 0 Å². The lowest BCUT2D eigenvalue weighted by molar-refractivity contribution is 0.228. The van der Waals surface area contributed by atoms with Gasteiger partial charge in [-0.3, -0.25) is 4.90 Å². The summed E-state index contributed by atoms with van der Waals surface area (Å²) in [6.07, 6.45) is 2.07. The summed E-state index contributed by atoms with van der Waals surface area (Å²) in [6.45, 7) is 10.1. The third kappa shape index (κ3) is 3.06. The quantitative estimate of drug-likeness (QED) is 0.896. The summed E-state index contributed by atoms with van der Waals surface area (Å²) < 4.78 is 0. The SMILES string of the molecule is CCC(N)c1nc2c(s1)CN(CC(C)C)CC2. The second kappa shape index (κ2) is 5.46. The van der Waals surface area contributed by atoms with Crippen molar-refractivity contribution < 1.29 is 0 Å². The van der Waals surface area contributed by atoms with E-state index in [4.69, 9.17) is 10.7 Å². The predicted molar refractivity (Wildman–Crippen MR) is 73.2 cm³/mol. The van der Waals surface area contributed by atoms with Crippen molar-refractivity contribution in [3.8, 4) is 0 Å². The van der Waals surface area contributed by atoms with Crippen LogP contribution >= 0.6 is 11.3 Å². The van der Waals surface area contributed by atoms with Crippen molar-refractivity contribution in [2.75, 3.05) is 13.1 Å². The molecular formula is C13H23N3S. The Kier molecular flexibility index (Phi) is 4.17. The fraction of sp³-hybridized carbons (Fsp3) is 0.769. The highest BCUT2D eigenvalue weighted by Gasteiger charge is 2.22. The molecule has 0 fully saturated rings. The van der Waals surface area contributed by atoms with Gasteiger partial charge in [-0.1, -0.05) is 20.8 Å². The lowest BCUT2D eigenvalue weighted by Gasteiger charge is -2.27. The van der Waals surface area contributed by atoms with E-state index in [0.29, 0.717) is 0 Å². The summed E-state index contributed by atoms with van der Waals surface area (Å²) in [4.78, 5) is 8.68. The summed E-state index contributed by atoms with van der Waals surface area (Å²) in [6, 6.07) is 0.129. The largest absolute Gasteiger partial charge is 0.322 e. The smallest absolute Gasteiger partial charge is 0.110 e. The van der Waals surface area contributed by atoms with Crippen LogP contribution in [0.15, 0.2) is 0 Å². The number of hydrogen-bond acceptors (Lipinski definition) is 4. The lowest BCUT2D eigenvalue weighted by atomic mass is 10.1. The summed E-state index contributed by atoms with van der Waals surface area (Å²) in [5.41, 5.74) is 7.36. The van der Waals surface area contributed by atoms with Gasteiger partial charge in [-0.2, -0.15) is 0 Å². The molecular weight excluding hydrogens is 230 g/mol. The van der Waals surface area contributed by atoms with Crippen molar-refractivity contribution in [3.63, 3.8) is 0 Å². The standard InChI is InChI=1S/C13H23N3S/c1-4-10(14)13-15-11-5-6-16(7-9(2)3)8-12(11)17-13/h9-10H,4-8,14H2,1-3H3. The van der Waals surface area contributed by atoms with E-state index in [2.05, 4.69) is 25.7 Å². The average Bonchev–Trinajstić information content (AvgIpc) is 2.70. The summed E-state index contributed by atoms with van der Waals surface area (Å²) in [7, 11) is 0. The molecule has 0 bridgehead atoms. The number of rotatable bonds is 4.